The van der Waals surface area contributed by atoms with Gasteiger partial charge in [0.25, 0.3) is 0 Å². The topological polar surface area (TPSA) is 26.3 Å². The van der Waals surface area contributed by atoms with Crippen molar-refractivity contribution in [3.63, 3.8) is 0 Å². The van der Waals surface area contributed by atoms with Gasteiger partial charge in [0, 0.05) is 11.8 Å². The Labute approximate surface area is 95.5 Å². The molecule has 0 radical (unpaired) electrons. The molecule has 0 atom stereocenters. The maximum atomic E-state index is 11.1. The van der Waals surface area contributed by atoms with E-state index in [-0.39, 0.29) is 5.97 Å². The van der Waals surface area contributed by atoms with Crippen molar-refractivity contribution in [2.24, 2.45) is 0 Å². The lowest BCUT2D eigenvalue weighted by Gasteiger charge is -2.03. The summed E-state index contributed by atoms with van der Waals surface area (Å²) in [5, 5.41) is 1.06. The van der Waals surface area contributed by atoms with Gasteiger partial charge < -0.3 is 4.74 Å². The molecule has 0 bridgehead atoms. The average Bonchev–Trinajstić information content (AvgIpc) is 2.18. The number of ether oxygens (including phenoxy) is 1. The molecule has 0 saturated carbocycles. The normalized spacial score (nSPS) is 10.1. The first-order valence-corrected chi connectivity index (χ1v) is 6.65. The monoisotopic (exact) mass is 264 g/mol. The fourth-order valence-electron chi connectivity index (χ4n) is 1.12. The summed E-state index contributed by atoms with van der Waals surface area (Å²) in [6.45, 7) is 2.69. The lowest BCUT2D eigenvalue weighted by Crippen LogP contribution is -2.05. The molecule has 0 amide bonds. The highest BCUT2D eigenvalue weighted by atomic mass is 79.9. The predicted molar refractivity (Wildman–Crippen MR) is 62.7 cm³/mol. The summed E-state index contributed by atoms with van der Waals surface area (Å²) < 4.78 is 5.04. The second kappa shape index (κ2) is 11.0. The number of halogens is 1. The summed E-state index contributed by atoms with van der Waals surface area (Å²) in [6, 6.07) is 0. The molecule has 0 aliphatic heterocycles. The summed E-state index contributed by atoms with van der Waals surface area (Å²) in [6.07, 6.45) is 7.16. The minimum Gasteiger partial charge on any atom is -0.466 e. The lowest BCUT2D eigenvalue weighted by atomic mass is 10.1. The van der Waals surface area contributed by atoms with Crippen LogP contribution in [0.25, 0.3) is 0 Å². The van der Waals surface area contributed by atoms with Gasteiger partial charge >= 0.3 is 5.97 Å². The molecule has 0 heterocycles. The van der Waals surface area contributed by atoms with Crippen molar-refractivity contribution in [3.05, 3.63) is 0 Å². The Kier molecular flexibility index (Phi) is 11.0. The third-order valence-electron chi connectivity index (χ3n) is 2.03. The highest BCUT2D eigenvalue weighted by molar-refractivity contribution is 9.09. The molecule has 3 heteroatoms. The maximum absolute atomic E-state index is 11.1. The smallest absolute Gasteiger partial charge is 0.305 e. The van der Waals surface area contributed by atoms with Crippen LogP contribution in [0, 0.1) is 0 Å². The van der Waals surface area contributed by atoms with Gasteiger partial charge in [0.05, 0.1) is 6.61 Å². The highest BCUT2D eigenvalue weighted by Crippen LogP contribution is 2.05. The molecule has 84 valence electrons. The Morgan fingerprint density at radius 3 is 2.50 bits per heavy atom. The third-order valence-corrected chi connectivity index (χ3v) is 2.59. The first-order valence-electron chi connectivity index (χ1n) is 5.52. The van der Waals surface area contributed by atoms with Gasteiger partial charge in [-0.25, -0.2) is 0 Å². The van der Waals surface area contributed by atoms with Crippen molar-refractivity contribution < 1.29 is 9.53 Å². The van der Waals surface area contributed by atoms with Crippen LogP contribution in [0.4, 0.5) is 0 Å². The van der Waals surface area contributed by atoms with Gasteiger partial charge in [0.1, 0.15) is 0 Å². The SMILES string of the molecule is CCCCOC(=O)CCCCCCBr. The Hall–Kier alpha value is -0.0500. The van der Waals surface area contributed by atoms with E-state index in [2.05, 4.69) is 22.9 Å². The fraction of sp³-hybridized carbons (Fsp3) is 0.909. The Balaban J connectivity index is 3.10. The highest BCUT2D eigenvalue weighted by Gasteiger charge is 2.01. The van der Waals surface area contributed by atoms with Crippen LogP contribution in [0.15, 0.2) is 0 Å². The summed E-state index contributed by atoms with van der Waals surface area (Å²) in [7, 11) is 0. The van der Waals surface area contributed by atoms with E-state index in [1.54, 1.807) is 0 Å². The zero-order valence-electron chi connectivity index (χ0n) is 9.06. The van der Waals surface area contributed by atoms with Crippen molar-refractivity contribution >= 4 is 21.9 Å². The van der Waals surface area contributed by atoms with E-state index < -0.39 is 0 Å². The van der Waals surface area contributed by atoms with Crippen molar-refractivity contribution in [2.75, 3.05) is 11.9 Å². The summed E-state index contributed by atoms with van der Waals surface area (Å²) in [5.74, 6) is -0.0303. The van der Waals surface area contributed by atoms with Gasteiger partial charge in [-0.1, -0.05) is 42.1 Å². The average molecular weight is 265 g/mol. The van der Waals surface area contributed by atoms with Crippen molar-refractivity contribution in [3.8, 4) is 0 Å². The van der Waals surface area contributed by atoms with Crippen molar-refractivity contribution in [1.29, 1.82) is 0 Å². The van der Waals surface area contributed by atoms with Crippen LogP contribution in [0.1, 0.15) is 51.9 Å². The van der Waals surface area contributed by atoms with Crippen LogP contribution in [0.5, 0.6) is 0 Å². The second-order valence-corrected chi connectivity index (χ2v) is 4.22. The van der Waals surface area contributed by atoms with E-state index in [9.17, 15) is 4.79 Å². The molecule has 0 fully saturated rings. The fourth-order valence-corrected chi connectivity index (χ4v) is 1.52. The molecule has 0 saturated heterocycles. The summed E-state index contributed by atoms with van der Waals surface area (Å²) in [5.41, 5.74) is 0. The van der Waals surface area contributed by atoms with E-state index in [0.29, 0.717) is 13.0 Å². The van der Waals surface area contributed by atoms with Crippen LogP contribution in [-0.4, -0.2) is 17.9 Å². The van der Waals surface area contributed by atoms with Gasteiger partial charge in [-0.3, -0.25) is 4.79 Å². The number of rotatable bonds is 9. The van der Waals surface area contributed by atoms with Crippen molar-refractivity contribution in [2.45, 2.75) is 51.9 Å². The number of unbranched alkanes of at least 4 members (excludes halogenated alkanes) is 4. The van der Waals surface area contributed by atoms with E-state index in [1.165, 1.54) is 12.8 Å². The van der Waals surface area contributed by atoms with Crippen LogP contribution < -0.4 is 0 Å². The third kappa shape index (κ3) is 10.0. The van der Waals surface area contributed by atoms with Gasteiger partial charge in [-0.2, -0.15) is 0 Å². The molecule has 0 spiro atoms. The van der Waals surface area contributed by atoms with E-state index in [1.807, 2.05) is 0 Å². The molecule has 0 N–H and O–H groups in total. The van der Waals surface area contributed by atoms with Gasteiger partial charge in [-0.15, -0.1) is 0 Å². The number of alkyl halides is 1. The number of hydrogen-bond acceptors (Lipinski definition) is 2. The Bertz CT molecular complexity index is 137. The molecule has 0 aliphatic rings. The first kappa shape index (κ1) is 13.9. The van der Waals surface area contributed by atoms with Gasteiger partial charge in [0.2, 0.25) is 0 Å². The molecule has 2 nitrogen and oxygen atoms in total. The minimum atomic E-state index is -0.0303. The quantitative estimate of drug-likeness (QED) is 0.361. The first-order chi connectivity index (χ1) is 6.81. The van der Waals surface area contributed by atoms with Crippen LogP contribution in [-0.2, 0) is 9.53 Å². The molecular formula is C11H21BrO2. The second-order valence-electron chi connectivity index (χ2n) is 3.43. The van der Waals surface area contributed by atoms with Crippen LogP contribution in [0.2, 0.25) is 0 Å². The molecule has 0 unspecified atom stereocenters. The zero-order valence-corrected chi connectivity index (χ0v) is 10.6. The molecule has 0 aliphatic carbocycles. The summed E-state index contributed by atoms with van der Waals surface area (Å²) in [4.78, 5) is 11.1. The molecule has 14 heavy (non-hydrogen) atoms. The van der Waals surface area contributed by atoms with Crippen LogP contribution in [0.3, 0.4) is 0 Å². The largest absolute Gasteiger partial charge is 0.466 e. The number of hydrogen-bond donors (Lipinski definition) is 0. The number of carbonyl (C=O) groups is 1. The van der Waals surface area contributed by atoms with Gasteiger partial charge in [-0.05, 0) is 19.3 Å². The predicted octanol–water partition coefficient (Wildman–Crippen LogP) is 3.68. The van der Waals surface area contributed by atoms with E-state index >= 15 is 0 Å². The summed E-state index contributed by atoms with van der Waals surface area (Å²) >= 11 is 3.38. The lowest BCUT2D eigenvalue weighted by molar-refractivity contribution is -0.143. The van der Waals surface area contributed by atoms with E-state index in [4.69, 9.17) is 4.74 Å². The number of esters is 1. The Morgan fingerprint density at radius 1 is 1.14 bits per heavy atom. The van der Waals surface area contributed by atoms with Gasteiger partial charge in [0.15, 0.2) is 0 Å². The maximum Gasteiger partial charge on any atom is 0.305 e. The molecule has 0 aromatic rings. The van der Waals surface area contributed by atoms with Crippen molar-refractivity contribution in [1.82, 2.24) is 0 Å². The minimum absolute atomic E-state index is 0.0303. The van der Waals surface area contributed by atoms with Crippen LogP contribution >= 0.6 is 15.9 Å². The molecular weight excluding hydrogens is 244 g/mol. The number of carbonyl (C=O) groups excluding carboxylic acids is 1. The molecule has 0 aromatic heterocycles. The molecule has 0 rings (SSSR count). The Morgan fingerprint density at radius 2 is 1.86 bits per heavy atom. The van der Waals surface area contributed by atoms with E-state index in [0.717, 1.165) is 31.0 Å². The standard InChI is InChI=1S/C11H21BrO2/c1-2-3-10-14-11(13)8-6-4-5-7-9-12/h2-10H2,1H3. The molecule has 0 aromatic carbocycles. The zero-order chi connectivity index (χ0) is 10.6.